The molecule has 0 saturated carbocycles. The van der Waals surface area contributed by atoms with E-state index in [1.807, 2.05) is 14.1 Å². The molecule has 0 heterocycles. The van der Waals surface area contributed by atoms with Crippen LogP contribution in [0.2, 0.25) is 0 Å². The summed E-state index contributed by atoms with van der Waals surface area (Å²) in [6.07, 6.45) is 2.88. The van der Waals surface area contributed by atoms with Crippen molar-refractivity contribution >= 4 is 5.91 Å². The van der Waals surface area contributed by atoms with Gasteiger partial charge >= 0.3 is 0 Å². The third kappa shape index (κ3) is 7.33. The van der Waals surface area contributed by atoms with Crippen molar-refractivity contribution in [2.45, 2.75) is 26.2 Å². The molecule has 1 unspecified atom stereocenters. The molecule has 1 amide bonds. The molecular weight excluding hydrogens is 190 g/mol. The van der Waals surface area contributed by atoms with Crippen LogP contribution in [-0.4, -0.2) is 44.5 Å². The normalized spacial score (nSPS) is 12.9. The van der Waals surface area contributed by atoms with E-state index in [4.69, 9.17) is 5.73 Å². The highest BCUT2D eigenvalue weighted by molar-refractivity contribution is 5.78. The summed E-state index contributed by atoms with van der Waals surface area (Å²) in [5.74, 6) is 0.104. The average molecular weight is 215 g/mol. The molecule has 0 aromatic heterocycles. The first-order chi connectivity index (χ1) is 7.11. The zero-order valence-electron chi connectivity index (χ0n) is 10.3. The van der Waals surface area contributed by atoms with Gasteiger partial charge in [0.25, 0.3) is 0 Å². The van der Waals surface area contributed by atoms with Gasteiger partial charge in [0, 0.05) is 13.1 Å². The van der Waals surface area contributed by atoms with E-state index in [-0.39, 0.29) is 11.8 Å². The highest BCUT2D eigenvalue weighted by Gasteiger charge is 2.14. The van der Waals surface area contributed by atoms with Crippen LogP contribution in [0.5, 0.6) is 0 Å². The van der Waals surface area contributed by atoms with E-state index in [0.29, 0.717) is 6.54 Å². The molecule has 90 valence electrons. The lowest BCUT2D eigenvalue weighted by Crippen LogP contribution is -2.36. The molecule has 0 aliphatic rings. The minimum Gasteiger partial charge on any atom is -0.356 e. The lowest BCUT2D eigenvalue weighted by Gasteiger charge is -2.14. The Morgan fingerprint density at radius 3 is 2.60 bits per heavy atom. The highest BCUT2D eigenvalue weighted by atomic mass is 16.1. The number of nitrogens with two attached hydrogens (primary N) is 1. The van der Waals surface area contributed by atoms with Gasteiger partial charge in [0.15, 0.2) is 0 Å². The average Bonchev–Trinajstić information content (AvgIpc) is 2.20. The van der Waals surface area contributed by atoms with Crippen LogP contribution >= 0.6 is 0 Å². The fourth-order valence-electron chi connectivity index (χ4n) is 1.46. The SMILES string of the molecule is CCCC(CN)C(=O)NCCCN(C)C. The molecule has 0 saturated heterocycles. The Morgan fingerprint density at radius 2 is 2.13 bits per heavy atom. The van der Waals surface area contributed by atoms with Gasteiger partial charge < -0.3 is 16.0 Å². The molecule has 3 N–H and O–H groups in total. The third-order valence-electron chi connectivity index (χ3n) is 2.37. The van der Waals surface area contributed by atoms with Gasteiger partial charge in [-0.1, -0.05) is 13.3 Å². The number of nitrogens with one attached hydrogen (secondary N) is 1. The maximum atomic E-state index is 11.6. The minimum atomic E-state index is -0.00523. The van der Waals surface area contributed by atoms with Crippen LogP contribution < -0.4 is 11.1 Å². The van der Waals surface area contributed by atoms with Gasteiger partial charge in [-0.25, -0.2) is 0 Å². The molecule has 0 spiro atoms. The molecule has 0 aromatic carbocycles. The van der Waals surface area contributed by atoms with Crippen LogP contribution in [0, 0.1) is 5.92 Å². The fourth-order valence-corrected chi connectivity index (χ4v) is 1.46. The van der Waals surface area contributed by atoms with E-state index < -0.39 is 0 Å². The minimum absolute atomic E-state index is 0.00523. The van der Waals surface area contributed by atoms with Crippen molar-refractivity contribution in [2.75, 3.05) is 33.7 Å². The van der Waals surface area contributed by atoms with Crippen LogP contribution in [0.1, 0.15) is 26.2 Å². The standard InChI is InChI=1S/C11H25N3O/c1-4-6-10(9-12)11(15)13-7-5-8-14(2)3/h10H,4-9,12H2,1-3H3,(H,13,15). The van der Waals surface area contributed by atoms with Crippen molar-refractivity contribution < 1.29 is 4.79 Å². The summed E-state index contributed by atoms with van der Waals surface area (Å²) in [6.45, 7) is 4.27. The van der Waals surface area contributed by atoms with E-state index in [9.17, 15) is 4.79 Å². The Balaban J connectivity index is 3.62. The molecule has 0 aliphatic heterocycles. The van der Waals surface area contributed by atoms with Crippen LogP contribution in [0.4, 0.5) is 0 Å². The van der Waals surface area contributed by atoms with Crippen molar-refractivity contribution in [1.29, 1.82) is 0 Å². The highest BCUT2D eigenvalue weighted by Crippen LogP contribution is 2.03. The topological polar surface area (TPSA) is 58.4 Å². The lowest BCUT2D eigenvalue weighted by atomic mass is 10.0. The summed E-state index contributed by atoms with van der Waals surface area (Å²) in [5.41, 5.74) is 5.54. The summed E-state index contributed by atoms with van der Waals surface area (Å²) < 4.78 is 0. The van der Waals surface area contributed by atoms with Crippen molar-refractivity contribution in [3.05, 3.63) is 0 Å². The molecule has 0 radical (unpaired) electrons. The van der Waals surface area contributed by atoms with E-state index >= 15 is 0 Å². The molecule has 4 nitrogen and oxygen atoms in total. The Hall–Kier alpha value is -0.610. The maximum Gasteiger partial charge on any atom is 0.224 e. The second kappa shape index (κ2) is 8.68. The first kappa shape index (κ1) is 14.4. The van der Waals surface area contributed by atoms with Crippen LogP contribution in [0.3, 0.4) is 0 Å². The second-order valence-electron chi connectivity index (χ2n) is 4.17. The van der Waals surface area contributed by atoms with Gasteiger partial charge in [-0.3, -0.25) is 4.79 Å². The summed E-state index contributed by atoms with van der Waals surface area (Å²) in [5, 5.41) is 2.93. The summed E-state index contributed by atoms with van der Waals surface area (Å²) >= 11 is 0. The number of rotatable bonds is 8. The first-order valence-electron chi connectivity index (χ1n) is 5.74. The smallest absolute Gasteiger partial charge is 0.224 e. The third-order valence-corrected chi connectivity index (χ3v) is 2.37. The summed E-state index contributed by atoms with van der Waals surface area (Å²) in [4.78, 5) is 13.7. The second-order valence-corrected chi connectivity index (χ2v) is 4.17. The van der Waals surface area contributed by atoms with Gasteiger partial charge in [0.05, 0.1) is 5.92 Å². The van der Waals surface area contributed by atoms with Gasteiger partial charge in [0.1, 0.15) is 0 Å². The molecule has 15 heavy (non-hydrogen) atoms. The van der Waals surface area contributed by atoms with Crippen molar-refractivity contribution in [3.63, 3.8) is 0 Å². The number of carbonyl (C=O) groups is 1. The summed E-state index contributed by atoms with van der Waals surface area (Å²) in [7, 11) is 4.06. The molecule has 0 aromatic rings. The quantitative estimate of drug-likeness (QED) is 0.577. The van der Waals surface area contributed by atoms with Crippen molar-refractivity contribution in [1.82, 2.24) is 10.2 Å². The van der Waals surface area contributed by atoms with Crippen LogP contribution in [-0.2, 0) is 4.79 Å². The van der Waals surface area contributed by atoms with Gasteiger partial charge in [-0.05, 0) is 33.5 Å². The zero-order valence-corrected chi connectivity index (χ0v) is 10.3. The van der Waals surface area contributed by atoms with Gasteiger partial charge in [0.2, 0.25) is 5.91 Å². The van der Waals surface area contributed by atoms with E-state index in [1.54, 1.807) is 0 Å². The Morgan fingerprint density at radius 1 is 1.47 bits per heavy atom. The predicted octanol–water partition coefficient (Wildman–Crippen LogP) is 0.429. The largest absolute Gasteiger partial charge is 0.356 e. The number of hydrogen-bond donors (Lipinski definition) is 2. The van der Waals surface area contributed by atoms with Crippen LogP contribution in [0.15, 0.2) is 0 Å². The lowest BCUT2D eigenvalue weighted by molar-refractivity contribution is -0.124. The van der Waals surface area contributed by atoms with Crippen molar-refractivity contribution in [2.24, 2.45) is 11.7 Å². The number of amides is 1. The number of nitrogens with zero attached hydrogens (tertiary/aromatic N) is 1. The van der Waals surface area contributed by atoms with Crippen LogP contribution in [0.25, 0.3) is 0 Å². The maximum absolute atomic E-state index is 11.6. The van der Waals surface area contributed by atoms with Crippen molar-refractivity contribution in [3.8, 4) is 0 Å². The Labute approximate surface area is 93.2 Å². The Bertz CT molecular complexity index is 171. The molecule has 0 fully saturated rings. The molecule has 0 aliphatic carbocycles. The molecule has 1 atom stereocenters. The predicted molar refractivity (Wildman–Crippen MR) is 63.6 cm³/mol. The molecule has 0 bridgehead atoms. The van der Waals surface area contributed by atoms with Gasteiger partial charge in [-0.15, -0.1) is 0 Å². The number of carbonyl (C=O) groups excluding carboxylic acids is 1. The zero-order chi connectivity index (χ0) is 11.7. The van der Waals surface area contributed by atoms with Gasteiger partial charge in [-0.2, -0.15) is 0 Å². The molecule has 0 rings (SSSR count). The summed E-state index contributed by atoms with van der Waals surface area (Å²) in [6, 6.07) is 0. The first-order valence-corrected chi connectivity index (χ1v) is 5.74. The Kier molecular flexibility index (Phi) is 8.33. The number of hydrogen-bond acceptors (Lipinski definition) is 3. The van der Waals surface area contributed by atoms with E-state index in [0.717, 1.165) is 32.4 Å². The molecular formula is C11H25N3O. The van der Waals surface area contributed by atoms with E-state index in [1.165, 1.54) is 0 Å². The van der Waals surface area contributed by atoms with E-state index in [2.05, 4.69) is 17.1 Å². The monoisotopic (exact) mass is 215 g/mol. The molecule has 4 heteroatoms. The fraction of sp³-hybridized carbons (Fsp3) is 0.909.